The minimum atomic E-state index is -0.550. The van der Waals surface area contributed by atoms with Gasteiger partial charge >= 0.3 is 23.5 Å². The molecule has 3 aromatic rings. The van der Waals surface area contributed by atoms with E-state index in [9.17, 15) is 19.2 Å². The number of hydrogen-bond donors (Lipinski definition) is 0. The van der Waals surface area contributed by atoms with Crippen LogP contribution in [-0.4, -0.2) is 31.1 Å². The highest BCUT2D eigenvalue weighted by molar-refractivity contribution is 5.89. The molecule has 0 fully saturated rings. The monoisotopic (exact) mass is 602 g/mol. The van der Waals surface area contributed by atoms with E-state index in [1.807, 2.05) is 32.9 Å². The molecule has 8 nitrogen and oxygen atoms in total. The van der Waals surface area contributed by atoms with Gasteiger partial charge in [-0.05, 0) is 114 Å². The summed E-state index contributed by atoms with van der Waals surface area (Å²) in [5, 5.41) is 0.822. The number of aryl methyl sites for hydroxylation is 2. The van der Waals surface area contributed by atoms with Crippen LogP contribution in [0.2, 0.25) is 0 Å². The maximum absolute atomic E-state index is 13.1. The lowest BCUT2D eigenvalue weighted by Crippen LogP contribution is -2.23. The normalized spacial score (nSPS) is 11.2. The van der Waals surface area contributed by atoms with Crippen molar-refractivity contribution in [1.82, 2.24) is 0 Å². The third-order valence-electron chi connectivity index (χ3n) is 6.85. The van der Waals surface area contributed by atoms with Crippen LogP contribution >= 0.6 is 0 Å². The molecule has 0 aliphatic rings. The van der Waals surface area contributed by atoms with Gasteiger partial charge in [0.15, 0.2) is 0 Å². The molecule has 0 bridgehead atoms. The number of rotatable bonds is 14. The maximum Gasteiger partial charge on any atom is 0.344 e. The molecule has 2 aromatic carbocycles. The second-order valence-electron chi connectivity index (χ2n) is 12.0. The highest BCUT2D eigenvalue weighted by Crippen LogP contribution is 2.28. The highest BCUT2D eigenvalue weighted by atomic mass is 16.5. The number of hydrogen-bond acceptors (Lipinski definition) is 8. The first kappa shape index (κ1) is 34.0. The fraction of sp³-hybridized carbons (Fsp3) is 0.389. The van der Waals surface area contributed by atoms with Crippen molar-refractivity contribution in [3.05, 3.63) is 88.3 Å². The van der Waals surface area contributed by atoms with Gasteiger partial charge in [-0.25, -0.2) is 14.4 Å². The molecule has 0 amide bonds. The predicted octanol–water partition coefficient (Wildman–Crippen LogP) is 7.30. The first-order valence-corrected chi connectivity index (χ1v) is 14.8. The Kier molecular flexibility index (Phi) is 11.9. The maximum atomic E-state index is 13.1. The number of benzene rings is 2. The molecule has 3 rings (SSSR count). The average molecular weight is 603 g/mol. The molecule has 0 N–H and O–H groups in total. The Bertz CT molecular complexity index is 1590. The summed E-state index contributed by atoms with van der Waals surface area (Å²) in [6, 6.07) is 12.5. The number of carbonyl (C=O) groups is 3. The molecule has 0 atom stereocenters. The molecule has 1 aromatic heterocycles. The third-order valence-corrected chi connectivity index (χ3v) is 6.85. The number of carbonyl (C=O) groups excluding carboxylic acids is 3. The largest absolute Gasteiger partial charge is 0.465 e. The van der Waals surface area contributed by atoms with Crippen LogP contribution in [0.5, 0.6) is 5.75 Å². The van der Waals surface area contributed by atoms with Crippen molar-refractivity contribution in [2.24, 2.45) is 5.41 Å². The SMILES string of the molecule is C=C(C)C(=O)OCCCCc1cc(CCCCOC(=O)C(C)(C)C)c2cc(-c3ccc(OC(=O)C(=C)C)cc3)c(=O)oc2c1. The zero-order valence-corrected chi connectivity index (χ0v) is 26.4. The minimum Gasteiger partial charge on any atom is -0.465 e. The Morgan fingerprint density at radius 1 is 0.795 bits per heavy atom. The van der Waals surface area contributed by atoms with Crippen molar-refractivity contribution in [2.75, 3.05) is 13.2 Å². The van der Waals surface area contributed by atoms with Crippen molar-refractivity contribution >= 4 is 28.9 Å². The molecule has 44 heavy (non-hydrogen) atoms. The molecule has 0 radical (unpaired) electrons. The van der Waals surface area contributed by atoms with Gasteiger partial charge in [0.2, 0.25) is 0 Å². The Hall–Kier alpha value is -4.46. The van der Waals surface area contributed by atoms with Crippen LogP contribution < -0.4 is 10.4 Å². The summed E-state index contributed by atoms with van der Waals surface area (Å²) < 4.78 is 21.7. The van der Waals surface area contributed by atoms with Crippen LogP contribution in [0.3, 0.4) is 0 Å². The van der Waals surface area contributed by atoms with Crippen LogP contribution in [0, 0.1) is 5.41 Å². The average Bonchev–Trinajstić information content (AvgIpc) is 2.96. The summed E-state index contributed by atoms with van der Waals surface area (Å²) in [6.45, 7) is 16.5. The molecule has 0 aliphatic carbocycles. The predicted molar refractivity (Wildman–Crippen MR) is 170 cm³/mol. The quantitative estimate of drug-likeness (QED) is 0.0622. The Morgan fingerprint density at radius 3 is 2.02 bits per heavy atom. The molecule has 0 spiro atoms. The van der Waals surface area contributed by atoms with Gasteiger partial charge in [0, 0.05) is 16.5 Å². The zero-order valence-electron chi connectivity index (χ0n) is 26.4. The van der Waals surface area contributed by atoms with Crippen LogP contribution in [0.4, 0.5) is 0 Å². The molecule has 8 heteroatoms. The van der Waals surface area contributed by atoms with Gasteiger partial charge in [0.1, 0.15) is 11.3 Å². The van der Waals surface area contributed by atoms with Crippen LogP contribution in [0.15, 0.2) is 76.0 Å². The van der Waals surface area contributed by atoms with Crippen molar-refractivity contribution in [3.63, 3.8) is 0 Å². The van der Waals surface area contributed by atoms with Gasteiger partial charge < -0.3 is 18.6 Å². The first-order valence-electron chi connectivity index (χ1n) is 14.8. The number of unbranched alkanes of at least 4 members (excludes halogenated alkanes) is 2. The van der Waals surface area contributed by atoms with Crippen LogP contribution in [-0.2, 0) is 36.7 Å². The molecule has 234 valence electrons. The minimum absolute atomic E-state index is 0.231. The fourth-order valence-electron chi connectivity index (χ4n) is 4.32. The summed E-state index contributed by atoms with van der Waals surface area (Å²) >= 11 is 0. The van der Waals surface area contributed by atoms with E-state index in [1.165, 1.54) is 0 Å². The van der Waals surface area contributed by atoms with Crippen LogP contribution in [0.25, 0.3) is 22.1 Å². The van der Waals surface area contributed by atoms with Crippen molar-refractivity contribution in [3.8, 4) is 16.9 Å². The van der Waals surface area contributed by atoms with Gasteiger partial charge in [-0.3, -0.25) is 4.79 Å². The van der Waals surface area contributed by atoms with Gasteiger partial charge in [-0.2, -0.15) is 0 Å². The zero-order chi connectivity index (χ0) is 32.4. The van der Waals surface area contributed by atoms with Gasteiger partial charge in [-0.15, -0.1) is 0 Å². The summed E-state index contributed by atoms with van der Waals surface area (Å²) in [4.78, 5) is 48.7. The third kappa shape index (κ3) is 9.79. The lowest BCUT2D eigenvalue weighted by Gasteiger charge is -2.16. The van der Waals surface area contributed by atoms with Crippen LogP contribution in [0.1, 0.15) is 71.4 Å². The lowest BCUT2D eigenvalue weighted by molar-refractivity contribution is -0.153. The Balaban J connectivity index is 1.83. The van der Waals surface area contributed by atoms with E-state index < -0.39 is 23.0 Å². The molecule has 0 saturated carbocycles. The lowest BCUT2D eigenvalue weighted by atomic mass is 9.96. The summed E-state index contributed by atoms with van der Waals surface area (Å²) in [7, 11) is 0. The number of ether oxygens (including phenoxy) is 3. The smallest absolute Gasteiger partial charge is 0.344 e. The van der Waals surface area contributed by atoms with E-state index in [1.54, 1.807) is 38.1 Å². The second-order valence-corrected chi connectivity index (χ2v) is 12.0. The summed E-state index contributed by atoms with van der Waals surface area (Å²) in [5.74, 6) is -0.805. The molecule has 0 aliphatic heterocycles. The van der Waals surface area contributed by atoms with Gasteiger partial charge in [0.05, 0.1) is 24.2 Å². The number of esters is 3. The Morgan fingerprint density at radius 2 is 1.41 bits per heavy atom. The topological polar surface area (TPSA) is 109 Å². The van der Waals surface area contributed by atoms with E-state index in [4.69, 9.17) is 18.6 Å². The molecular formula is C36H42O8. The van der Waals surface area contributed by atoms with E-state index in [0.717, 1.165) is 29.4 Å². The number of fused-ring (bicyclic) bond motifs is 1. The standard InChI is InChI=1S/C36H42O8/c1-23(2)32(37)41-18-10-8-12-25-20-27(13-9-11-19-42-35(40)36(5,6)7)29-22-30(34(39)44-31(29)21-25)26-14-16-28(17-15-26)43-33(38)24(3)4/h14-17,20-22H,1,3,8-13,18-19H2,2,4-7H3. The molecule has 0 saturated heterocycles. The van der Waals surface area contributed by atoms with Gasteiger partial charge in [0.25, 0.3) is 0 Å². The highest BCUT2D eigenvalue weighted by Gasteiger charge is 2.22. The fourth-order valence-corrected chi connectivity index (χ4v) is 4.32. The van der Waals surface area contributed by atoms with Crippen molar-refractivity contribution in [1.29, 1.82) is 0 Å². The Labute approximate surface area is 258 Å². The molecule has 0 unspecified atom stereocenters. The van der Waals surface area contributed by atoms with E-state index in [0.29, 0.717) is 66.9 Å². The van der Waals surface area contributed by atoms with Crippen molar-refractivity contribution < 1.29 is 33.0 Å². The van der Waals surface area contributed by atoms with E-state index in [-0.39, 0.29) is 11.5 Å². The van der Waals surface area contributed by atoms with Crippen molar-refractivity contribution in [2.45, 2.75) is 73.1 Å². The van der Waals surface area contributed by atoms with E-state index >= 15 is 0 Å². The first-order chi connectivity index (χ1) is 20.8. The summed E-state index contributed by atoms with van der Waals surface area (Å²) in [5.41, 5.74) is 3.17. The molecule has 1 heterocycles. The second kappa shape index (κ2) is 15.3. The molecular weight excluding hydrogens is 560 g/mol. The van der Waals surface area contributed by atoms with E-state index in [2.05, 4.69) is 19.2 Å². The summed E-state index contributed by atoms with van der Waals surface area (Å²) in [6.07, 6.45) is 4.33. The van der Waals surface area contributed by atoms with Gasteiger partial charge in [-0.1, -0.05) is 31.4 Å².